The van der Waals surface area contributed by atoms with Crippen molar-refractivity contribution < 1.29 is 18.3 Å². The molecule has 1 aromatic carbocycles. The second-order valence-corrected chi connectivity index (χ2v) is 7.60. The number of carboxylic acid groups (broad SMARTS) is 1. The van der Waals surface area contributed by atoms with Gasteiger partial charge in [-0.25, -0.2) is 8.42 Å². The summed E-state index contributed by atoms with van der Waals surface area (Å²) in [5.41, 5.74) is 0. The fourth-order valence-electron chi connectivity index (χ4n) is 1.66. The molecule has 8 heteroatoms. The maximum Gasteiger partial charge on any atom is 0.321 e. The molecule has 2 N–H and O–H groups in total. The van der Waals surface area contributed by atoms with Crippen molar-refractivity contribution in [3.05, 3.63) is 27.7 Å². The van der Waals surface area contributed by atoms with Crippen LogP contribution in [0.1, 0.15) is 20.3 Å². The summed E-state index contributed by atoms with van der Waals surface area (Å²) < 4.78 is 27.0. The highest BCUT2D eigenvalue weighted by Crippen LogP contribution is 2.29. The summed E-state index contributed by atoms with van der Waals surface area (Å²) >= 11 is 9.00. The lowest BCUT2D eigenvalue weighted by Crippen LogP contribution is -2.41. The van der Waals surface area contributed by atoms with Crippen LogP contribution >= 0.6 is 27.5 Å². The van der Waals surface area contributed by atoms with E-state index in [2.05, 4.69) is 20.7 Å². The monoisotopic (exact) mass is 383 g/mol. The van der Waals surface area contributed by atoms with Crippen molar-refractivity contribution >= 4 is 43.5 Å². The molecule has 0 amide bonds. The Balaban J connectivity index is 3.13. The van der Waals surface area contributed by atoms with Crippen molar-refractivity contribution in [2.75, 3.05) is 0 Å². The van der Waals surface area contributed by atoms with Crippen molar-refractivity contribution in [1.82, 2.24) is 4.72 Å². The van der Waals surface area contributed by atoms with Gasteiger partial charge in [-0.2, -0.15) is 4.72 Å². The molecule has 0 aliphatic rings. The van der Waals surface area contributed by atoms with Gasteiger partial charge in [0, 0.05) is 4.47 Å². The Labute approximate surface area is 131 Å². The number of rotatable bonds is 6. The minimum atomic E-state index is -4.02. The Morgan fingerprint density at radius 1 is 1.45 bits per heavy atom. The van der Waals surface area contributed by atoms with Gasteiger partial charge < -0.3 is 5.11 Å². The van der Waals surface area contributed by atoms with E-state index in [-0.39, 0.29) is 26.7 Å². The van der Waals surface area contributed by atoms with Gasteiger partial charge in [0.15, 0.2) is 0 Å². The largest absolute Gasteiger partial charge is 0.480 e. The van der Waals surface area contributed by atoms with E-state index >= 15 is 0 Å². The number of nitrogens with one attached hydrogen (secondary N) is 1. The molecule has 0 unspecified atom stereocenters. The number of carbonyl (C=O) groups is 1. The maximum atomic E-state index is 12.3. The van der Waals surface area contributed by atoms with Crippen LogP contribution in [0.5, 0.6) is 0 Å². The first-order chi connectivity index (χ1) is 9.15. The van der Waals surface area contributed by atoms with E-state index in [1.807, 2.05) is 13.8 Å². The van der Waals surface area contributed by atoms with Crippen molar-refractivity contribution in [2.24, 2.45) is 5.92 Å². The number of hydrogen-bond donors (Lipinski definition) is 2. The molecule has 5 nitrogen and oxygen atoms in total. The molecule has 0 saturated carbocycles. The van der Waals surface area contributed by atoms with Crippen molar-refractivity contribution in [3.8, 4) is 0 Å². The summed E-state index contributed by atoms with van der Waals surface area (Å²) in [6.07, 6.45) is 0.191. The molecule has 0 radical (unpaired) electrons. The Bertz CT molecular complexity index is 583. The Kier molecular flexibility index (Phi) is 6.00. The summed E-state index contributed by atoms with van der Waals surface area (Å²) in [5, 5.41) is 9.13. The van der Waals surface area contributed by atoms with Gasteiger partial charge in [0.25, 0.3) is 0 Å². The molecule has 0 aliphatic carbocycles. The maximum absolute atomic E-state index is 12.3. The van der Waals surface area contributed by atoms with E-state index in [4.69, 9.17) is 16.7 Å². The summed E-state index contributed by atoms with van der Waals surface area (Å²) in [5.74, 6) is -1.18. The van der Waals surface area contributed by atoms with Crippen LogP contribution < -0.4 is 4.72 Å². The van der Waals surface area contributed by atoms with Gasteiger partial charge >= 0.3 is 5.97 Å². The molecule has 0 saturated heterocycles. The molecule has 0 heterocycles. The predicted octanol–water partition coefficient (Wildman–Crippen LogP) is 2.88. The quantitative estimate of drug-likeness (QED) is 0.790. The van der Waals surface area contributed by atoms with Crippen molar-refractivity contribution in [3.63, 3.8) is 0 Å². The smallest absolute Gasteiger partial charge is 0.321 e. The summed E-state index contributed by atoms with van der Waals surface area (Å²) in [6, 6.07) is 3.36. The van der Waals surface area contributed by atoms with E-state index in [9.17, 15) is 13.2 Å². The zero-order valence-corrected chi connectivity index (χ0v) is 14.1. The predicted molar refractivity (Wildman–Crippen MR) is 80.4 cm³/mol. The Morgan fingerprint density at radius 3 is 2.50 bits per heavy atom. The summed E-state index contributed by atoms with van der Waals surface area (Å²) in [6.45, 7) is 3.63. The standard InChI is InChI=1S/C12H15BrClNO4S/c1-7(2)6-10(12(16)17)15-20(18,19)11-8(13)4-3-5-9(11)14/h3-5,7,10,15H,6H2,1-2H3,(H,16,17)/t10-/m1/s1. The third kappa shape index (κ3) is 4.44. The molecule has 0 fully saturated rings. The number of carboxylic acids is 1. The van der Waals surface area contributed by atoms with E-state index in [0.29, 0.717) is 0 Å². The minimum absolute atomic E-state index is 0.0283. The van der Waals surface area contributed by atoms with Crippen LogP contribution in [0.25, 0.3) is 0 Å². The second-order valence-electron chi connectivity index (χ2n) is 4.69. The molecule has 0 aromatic heterocycles. The SMILES string of the molecule is CC(C)C[C@@H](NS(=O)(=O)c1c(Cl)cccc1Br)C(=O)O. The molecule has 0 aliphatic heterocycles. The van der Waals surface area contributed by atoms with Gasteiger partial charge in [-0.15, -0.1) is 0 Å². The van der Waals surface area contributed by atoms with Crippen LogP contribution in [0.2, 0.25) is 5.02 Å². The second kappa shape index (κ2) is 6.89. The van der Waals surface area contributed by atoms with Gasteiger partial charge in [-0.05, 0) is 40.4 Å². The fraction of sp³-hybridized carbons (Fsp3) is 0.417. The number of hydrogen-bond acceptors (Lipinski definition) is 3. The molecule has 0 bridgehead atoms. The number of sulfonamides is 1. The van der Waals surface area contributed by atoms with E-state index in [1.165, 1.54) is 12.1 Å². The summed E-state index contributed by atoms with van der Waals surface area (Å²) in [7, 11) is -4.02. The molecule has 1 aromatic rings. The van der Waals surface area contributed by atoms with E-state index in [0.717, 1.165) is 0 Å². The van der Waals surface area contributed by atoms with Gasteiger partial charge in [0.2, 0.25) is 10.0 Å². The number of halogens is 2. The Hall–Kier alpha value is -0.630. The van der Waals surface area contributed by atoms with Gasteiger partial charge in [0.1, 0.15) is 10.9 Å². The van der Waals surface area contributed by atoms with E-state index in [1.54, 1.807) is 6.07 Å². The average Bonchev–Trinajstić information content (AvgIpc) is 2.26. The van der Waals surface area contributed by atoms with Crippen molar-refractivity contribution in [1.29, 1.82) is 0 Å². The van der Waals surface area contributed by atoms with Crippen LogP contribution in [-0.4, -0.2) is 25.5 Å². The van der Waals surface area contributed by atoms with Gasteiger partial charge in [-0.1, -0.05) is 31.5 Å². The molecular formula is C12H15BrClNO4S. The van der Waals surface area contributed by atoms with Crippen LogP contribution in [0.4, 0.5) is 0 Å². The molecule has 0 spiro atoms. The highest BCUT2D eigenvalue weighted by Gasteiger charge is 2.28. The molecule has 1 rings (SSSR count). The first-order valence-electron chi connectivity index (χ1n) is 5.84. The van der Waals surface area contributed by atoms with Crippen molar-refractivity contribution in [2.45, 2.75) is 31.2 Å². The van der Waals surface area contributed by atoms with Crippen LogP contribution in [0, 0.1) is 5.92 Å². The van der Waals surface area contributed by atoms with E-state index < -0.39 is 22.0 Å². The molecule has 112 valence electrons. The van der Waals surface area contributed by atoms with Crippen LogP contribution in [-0.2, 0) is 14.8 Å². The van der Waals surface area contributed by atoms with Crippen LogP contribution in [0.3, 0.4) is 0 Å². The lowest BCUT2D eigenvalue weighted by Gasteiger charge is -2.17. The fourth-order valence-corrected chi connectivity index (χ4v) is 4.59. The number of benzene rings is 1. The minimum Gasteiger partial charge on any atom is -0.480 e. The highest BCUT2D eigenvalue weighted by atomic mass is 79.9. The highest BCUT2D eigenvalue weighted by molar-refractivity contribution is 9.10. The first-order valence-corrected chi connectivity index (χ1v) is 8.49. The zero-order chi connectivity index (χ0) is 15.5. The molecule has 20 heavy (non-hydrogen) atoms. The normalized spacial score (nSPS) is 13.4. The topological polar surface area (TPSA) is 83.5 Å². The molecule has 1 atom stereocenters. The van der Waals surface area contributed by atoms with Gasteiger partial charge in [-0.3, -0.25) is 4.79 Å². The Morgan fingerprint density at radius 2 is 2.05 bits per heavy atom. The molecular weight excluding hydrogens is 370 g/mol. The first kappa shape index (κ1) is 17.4. The lowest BCUT2D eigenvalue weighted by atomic mass is 10.1. The number of aliphatic carboxylic acids is 1. The third-order valence-corrected chi connectivity index (χ3v) is 5.41. The zero-order valence-electron chi connectivity index (χ0n) is 10.9. The van der Waals surface area contributed by atoms with Crippen LogP contribution in [0.15, 0.2) is 27.6 Å². The third-order valence-electron chi connectivity index (χ3n) is 2.49. The lowest BCUT2D eigenvalue weighted by molar-refractivity contribution is -0.139. The van der Waals surface area contributed by atoms with Gasteiger partial charge in [0.05, 0.1) is 5.02 Å². The summed E-state index contributed by atoms with van der Waals surface area (Å²) in [4.78, 5) is 11.0. The average molecular weight is 385 g/mol.